The van der Waals surface area contributed by atoms with E-state index < -0.39 is 84.8 Å². The van der Waals surface area contributed by atoms with Crippen LogP contribution in [0.4, 0.5) is 0 Å². The van der Waals surface area contributed by atoms with Crippen molar-refractivity contribution in [2.75, 3.05) is 78.8 Å². The molecule has 4 aliphatic heterocycles. The molecule has 4 heterocycles. The Kier molecular flexibility index (Phi) is 64.5. The summed E-state index contributed by atoms with van der Waals surface area (Å²) in [6, 6.07) is 0. The molecule has 4 fully saturated rings. The van der Waals surface area contributed by atoms with E-state index in [1.807, 2.05) is 0 Å². The van der Waals surface area contributed by atoms with E-state index in [1.54, 1.807) is 19.6 Å². The normalized spacial score (nSPS) is 17.8. The number of ether oxygens (including phenoxy) is 4. The predicted molar refractivity (Wildman–Crippen MR) is 487 cm³/mol. The fourth-order valence-corrected chi connectivity index (χ4v) is 16.4. The molecular weight excluding hydrogens is 1470 g/mol. The van der Waals surface area contributed by atoms with E-state index >= 15 is 0 Å². The Morgan fingerprint density at radius 1 is 0.263 bits per heavy atom. The molecule has 4 aliphatic rings. The SMILES string of the molecule is CCCCCCCC/C=C\CCCCCCCCN1CC(C(=O)OCC(COC(=O)C2CC(=O)N(CCCCCCCC/C=C\CCCCCCCC)C2)(COC(=O)C2CC(=O)N(CCCCCCCC/C=C\CCCCCCCC)C2)COC(=O)C2CC(=O)N(CCCCCCCC/C=C\CCCCCCCC)C2)CC1=O.[CH2]C([CH2])([CH2])[CH2]. The second-order valence-electron chi connectivity index (χ2n) is 36.1. The van der Waals surface area contributed by atoms with Crippen LogP contribution >= 0.6 is 0 Å². The van der Waals surface area contributed by atoms with Crippen LogP contribution in [0.3, 0.4) is 0 Å². The van der Waals surface area contributed by atoms with Gasteiger partial charge in [0.2, 0.25) is 23.6 Å². The molecule has 0 spiro atoms. The fourth-order valence-electron chi connectivity index (χ4n) is 16.4. The van der Waals surface area contributed by atoms with Crippen molar-refractivity contribution in [1.82, 2.24) is 19.6 Å². The maximum Gasteiger partial charge on any atom is 0.311 e. The first-order chi connectivity index (χ1) is 57.3. The average Bonchev–Trinajstić information content (AvgIpc) is 1.52. The summed E-state index contributed by atoms with van der Waals surface area (Å²) in [6.07, 6.45) is 84.7. The molecule has 0 aromatic rings. The maximum absolute atomic E-state index is 14.4. The van der Waals surface area contributed by atoms with Gasteiger partial charge in [-0.25, -0.2) is 0 Å². The summed E-state index contributed by atoms with van der Waals surface area (Å²) in [5, 5.41) is 0. The number of nitrogens with zero attached hydrogens (tertiary/aromatic N) is 4. The quantitative estimate of drug-likeness (QED) is 0.0243. The monoisotopic (exact) mass is 1650 g/mol. The van der Waals surface area contributed by atoms with Gasteiger partial charge in [0.05, 0.1) is 23.7 Å². The average molecular weight is 1650 g/mol. The van der Waals surface area contributed by atoms with Gasteiger partial charge in [-0.15, -0.1) is 0 Å². The molecule has 4 atom stereocenters. The van der Waals surface area contributed by atoms with Crippen molar-refractivity contribution in [3.8, 4) is 0 Å². The minimum atomic E-state index is -1.66. The van der Waals surface area contributed by atoms with Crippen LogP contribution in [0.2, 0.25) is 0 Å². The number of likely N-dealkylation sites (tertiary alicyclic amines) is 4. The molecule has 0 aromatic heterocycles. The molecule has 4 radical (unpaired) electrons. The first-order valence-corrected chi connectivity index (χ1v) is 49.1. The van der Waals surface area contributed by atoms with Gasteiger partial charge in [0.15, 0.2) is 0 Å². The molecule has 676 valence electrons. The minimum absolute atomic E-state index is 0.0342. The number of esters is 4. The molecule has 4 rings (SSSR count). The molecule has 118 heavy (non-hydrogen) atoms. The molecule has 4 saturated heterocycles. The lowest BCUT2D eigenvalue weighted by atomic mass is 9.91. The molecule has 0 aliphatic carbocycles. The van der Waals surface area contributed by atoms with Crippen LogP contribution in [0.15, 0.2) is 48.6 Å². The summed E-state index contributed by atoms with van der Waals surface area (Å²) in [6.45, 7) is 23.6. The van der Waals surface area contributed by atoms with Crippen LogP contribution in [0.5, 0.6) is 0 Å². The standard InChI is InChI=1S/C97H168N4O12.C5H8/c1-5-9-13-17-21-25-29-33-37-41-45-49-53-57-61-65-69-98-77-85(73-89(98)102)93(106)110-81-97(82-111-94(107)86-74-90(103)99(78-86)70-66-62-58-54-50-46-42-38-34-30-26-22-18-14-10-6-2,83-112-95(108)87-75-91(104)100(79-87)71-67-63-59-55-51-47-43-39-35-31-27-23-19-15-11-7-3)84-113-96(109)88-76-92(105)101(80-88)72-68-64-60-56-52-48-44-40-36-32-28-24-20-16-12-8-4;1-5(2,3)4/h33-40,85-88H,5-32,41-84H2,1-4H3;1-4H2/b37-33-,38-34-,39-35-,40-36-;. The van der Waals surface area contributed by atoms with E-state index in [2.05, 4.69) is 104 Å². The summed E-state index contributed by atoms with van der Waals surface area (Å²) < 4.78 is 24.7. The zero-order chi connectivity index (χ0) is 85.6. The molecule has 16 nitrogen and oxygen atoms in total. The van der Waals surface area contributed by atoms with Crippen LogP contribution in [-0.4, -0.2) is 146 Å². The van der Waals surface area contributed by atoms with Crippen LogP contribution < -0.4 is 0 Å². The Bertz CT molecular complexity index is 2360. The van der Waals surface area contributed by atoms with Crippen molar-refractivity contribution in [2.45, 2.75) is 413 Å². The highest BCUT2D eigenvalue weighted by Crippen LogP contribution is 2.31. The summed E-state index contributed by atoms with van der Waals surface area (Å²) in [4.78, 5) is 119. The van der Waals surface area contributed by atoms with Crippen molar-refractivity contribution in [1.29, 1.82) is 0 Å². The Morgan fingerprint density at radius 2 is 0.407 bits per heavy atom. The van der Waals surface area contributed by atoms with Gasteiger partial charge >= 0.3 is 23.9 Å². The molecule has 0 aromatic carbocycles. The Morgan fingerprint density at radius 3 is 0.568 bits per heavy atom. The van der Waals surface area contributed by atoms with Gasteiger partial charge in [0.25, 0.3) is 0 Å². The van der Waals surface area contributed by atoms with Gasteiger partial charge in [0.1, 0.15) is 31.8 Å². The summed E-state index contributed by atoms with van der Waals surface area (Å²) in [5.41, 5.74) is -2.16. The molecular formula is C102H176N4O12. The molecule has 4 amide bonds. The number of hydrogen-bond donors (Lipinski definition) is 0. The number of carbonyl (C=O) groups excluding carboxylic acids is 8. The van der Waals surface area contributed by atoms with Crippen molar-refractivity contribution in [3.05, 3.63) is 76.3 Å². The molecule has 0 N–H and O–H groups in total. The summed E-state index contributed by atoms with van der Waals surface area (Å²) in [5.74, 6) is -6.24. The number of hydrogen-bond acceptors (Lipinski definition) is 12. The second-order valence-corrected chi connectivity index (χ2v) is 36.1. The van der Waals surface area contributed by atoms with E-state index in [0.29, 0.717) is 26.2 Å². The smallest absolute Gasteiger partial charge is 0.311 e. The van der Waals surface area contributed by atoms with E-state index in [9.17, 15) is 38.4 Å². The van der Waals surface area contributed by atoms with E-state index in [-0.39, 0.29) is 75.5 Å². The van der Waals surface area contributed by atoms with Gasteiger partial charge in [-0.05, 0) is 162 Å². The van der Waals surface area contributed by atoms with Crippen LogP contribution in [0.25, 0.3) is 0 Å². The third-order valence-electron chi connectivity index (χ3n) is 24.0. The van der Waals surface area contributed by atoms with Crippen molar-refractivity contribution in [2.24, 2.45) is 34.5 Å². The number of carbonyl (C=O) groups is 8. The van der Waals surface area contributed by atoms with Gasteiger partial charge in [0, 0.05) is 78.0 Å². The Balaban J connectivity index is 0.00000697. The highest BCUT2D eigenvalue weighted by molar-refractivity contribution is 5.89. The van der Waals surface area contributed by atoms with E-state index in [1.165, 1.54) is 231 Å². The third-order valence-corrected chi connectivity index (χ3v) is 24.0. The number of rotatable bonds is 76. The lowest BCUT2D eigenvalue weighted by molar-refractivity contribution is -0.176. The lowest BCUT2D eigenvalue weighted by Crippen LogP contribution is -2.45. The molecule has 4 unspecified atom stereocenters. The minimum Gasteiger partial charge on any atom is -0.464 e. The van der Waals surface area contributed by atoms with E-state index in [4.69, 9.17) is 18.9 Å². The summed E-state index contributed by atoms with van der Waals surface area (Å²) in [7, 11) is 0. The van der Waals surface area contributed by atoms with Gasteiger partial charge in [-0.3, -0.25) is 38.4 Å². The number of allylic oxidation sites excluding steroid dienone is 8. The first-order valence-electron chi connectivity index (χ1n) is 49.1. The number of unbranched alkanes of at least 4 members (excludes halogenated alkanes) is 48. The van der Waals surface area contributed by atoms with Crippen molar-refractivity contribution in [3.63, 3.8) is 0 Å². The van der Waals surface area contributed by atoms with Crippen molar-refractivity contribution < 1.29 is 57.3 Å². The van der Waals surface area contributed by atoms with Gasteiger partial charge in [-0.1, -0.05) is 307 Å². The largest absolute Gasteiger partial charge is 0.464 e. The zero-order valence-electron chi connectivity index (χ0n) is 76.4. The molecule has 16 heteroatoms. The topological polar surface area (TPSA) is 186 Å². The highest BCUT2D eigenvalue weighted by atomic mass is 16.6. The predicted octanol–water partition coefficient (Wildman–Crippen LogP) is 25.0. The van der Waals surface area contributed by atoms with Crippen LogP contribution in [-0.2, 0) is 57.3 Å². The summed E-state index contributed by atoms with van der Waals surface area (Å²) >= 11 is 0. The molecule has 0 bridgehead atoms. The van der Waals surface area contributed by atoms with E-state index in [0.717, 1.165) is 128 Å². The fraction of sp³-hybridized carbons (Fsp3) is 0.804. The Hall–Kier alpha value is -5.28. The zero-order valence-corrected chi connectivity index (χ0v) is 76.4. The number of amides is 4. The maximum atomic E-state index is 14.4. The highest BCUT2D eigenvalue weighted by Gasteiger charge is 2.45. The Labute approximate surface area is 723 Å². The lowest BCUT2D eigenvalue weighted by Gasteiger charge is -2.33. The van der Waals surface area contributed by atoms with Crippen molar-refractivity contribution >= 4 is 47.5 Å². The van der Waals surface area contributed by atoms with Gasteiger partial charge < -0.3 is 38.5 Å². The second kappa shape index (κ2) is 71.2. The van der Waals surface area contributed by atoms with Gasteiger partial charge in [-0.2, -0.15) is 0 Å². The van der Waals surface area contributed by atoms with Crippen LogP contribution in [0, 0.1) is 62.2 Å². The van der Waals surface area contributed by atoms with Crippen LogP contribution in [0.1, 0.15) is 413 Å². The third kappa shape index (κ3) is 55.7. The molecule has 0 saturated carbocycles. The first kappa shape index (κ1) is 107.